The summed E-state index contributed by atoms with van der Waals surface area (Å²) < 4.78 is 5.88. The number of hydrogen-bond donors (Lipinski definition) is 1. The molecule has 1 aromatic heterocycles. The van der Waals surface area contributed by atoms with Crippen LogP contribution in [0.5, 0.6) is 5.75 Å². The fourth-order valence-electron chi connectivity index (χ4n) is 1.66. The van der Waals surface area contributed by atoms with Crippen LogP contribution in [-0.4, -0.2) is 18.0 Å². The molecular formula is C14H14BrN3O2. The molecule has 2 N–H and O–H groups in total. The topological polar surface area (TPSA) is 68.5 Å². The van der Waals surface area contributed by atoms with Gasteiger partial charge >= 0.3 is 0 Å². The maximum Gasteiger partial charge on any atom is 0.246 e. The number of methoxy groups -OCH3 is 1. The maximum absolute atomic E-state index is 12.1. The lowest BCUT2D eigenvalue weighted by Crippen LogP contribution is -2.39. The summed E-state index contributed by atoms with van der Waals surface area (Å²) in [6, 6.07) is 10.7. The van der Waals surface area contributed by atoms with Crippen molar-refractivity contribution >= 4 is 27.7 Å². The number of anilines is 1. The standard InChI is InChI=1S/C14H14BrN3O2/c1-20-12-4-2-10(3-5-12)8-14(19)18(16)13-9-11(15)6-7-17-13/h2-7,9H,8,16H2,1H3. The van der Waals surface area contributed by atoms with E-state index in [0.717, 1.165) is 20.8 Å². The number of rotatable bonds is 4. The average molecular weight is 336 g/mol. The number of pyridine rings is 1. The van der Waals surface area contributed by atoms with Crippen LogP contribution in [0.15, 0.2) is 47.1 Å². The molecule has 0 saturated carbocycles. The third-order valence-electron chi connectivity index (χ3n) is 2.74. The van der Waals surface area contributed by atoms with Crippen LogP contribution in [0.4, 0.5) is 5.82 Å². The van der Waals surface area contributed by atoms with Gasteiger partial charge in [-0.2, -0.15) is 0 Å². The monoisotopic (exact) mass is 335 g/mol. The minimum absolute atomic E-state index is 0.203. The van der Waals surface area contributed by atoms with Gasteiger partial charge in [-0.3, -0.25) is 4.79 Å². The molecule has 5 nitrogen and oxygen atoms in total. The smallest absolute Gasteiger partial charge is 0.246 e. The molecule has 1 aromatic carbocycles. The number of hydrogen-bond acceptors (Lipinski definition) is 4. The second kappa shape index (κ2) is 6.49. The molecule has 1 amide bonds. The summed E-state index contributed by atoms with van der Waals surface area (Å²) >= 11 is 3.31. The molecular weight excluding hydrogens is 322 g/mol. The number of carbonyl (C=O) groups is 1. The third kappa shape index (κ3) is 3.55. The minimum Gasteiger partial charge on any atom is -0.497 e. The molecule has 0 atom stereocenters. The van der Waals surface area contributed by atoms with Crippen molar-refractivity contribution in [3.8, 4) is 5.75 Å². The molecule has 0 aliphatic heterocycles. The van der Waals surface area contributed by atoms with Gasteiger partial charge in [-0.15, -0.1) is 0 Å². The van der Waals surface area contributed by atoms with Crippen molar-refractivity contribution in [1.29, 1.82) is 0 Å². The first-order valence-corrected chi connectivity index (χ1v) is 6.71. The molecule has 2 rings (SSSR count). The van der Waals surface area contributed by atoms with Crippen LogP contribution < -0.4 is 15.6 Å². The molecule has 20 heavy (non-hydrogen) atoms. The number of aromatic nitrogens is 1. The van der Waals surface area contributed by atoms with Crippen molar-refractivity contribution < 1.29 is 9.53 Å². The number of amides is 1. The lowest BCUT2D eigenvalue weighted by Gasteiger charge is -2.15. The zero-order chi connectivity index (χ0) is 14.5. The van der Waals surface area contributed by atoms with E-state index in [1.807, 2.05) is 12.1 Å². The minimum atomic E-state index is -0.235. The summed E-state index contributed by atoms with van der Waals surface area (Å²) in [6.45, 7) is 0. The molecule has 0 aliphatic carbocycles. The number of hydrazine groups is 1. The first-order chi connectivity index (χ1) is 9.60. The molecule has 1 heterocycles. The number of nitrogens with two attached hydrogens (primary N) is 1. The fraction of sp³-hybridized carbons (Fsp3) is 0.143. The number of carbonyl (C=O) groups excluding carboxylic acids is 1. The zero-order valence-electron chi connectivity index (χ0n) is 10.9. The predicted molar refractivity (Wildman–Crippen MR) is 80.3 cm³/mol. The van der Waals surface area contributed by atoms with E-state index in [0.29, 0.717) is 5.82 Å². The number of ether oxygens (including phenoxy) is 1. The summed E-state index contributed by atoms with van der Waals surface area (Å²) in [5, 5.41) is 1.05. The highest BCUT2D eigenvalue weighted by atomic mass is 79.9. The highest BCUT2D eigenvalue weighted by molar-refractivity contribution is 9.10. The summed E-state index contributed by atoms with van der Waals surface area (Å²) in [7, 11) is 1.60. The molecule has 2 aromatic rings. The quantitative estimate of drug-likeness (QED) is 0.528. The predicted octanol–water partition coefficient (Wildman–Crippen LogP) is 2.30. The lowest BCUT2D eigenvalue weighted by molar-refractivity contribution is -0.118. The first kappa shape index (κ1) is 14.5. The summed E-state index contributed by atoms with van der Waals surface area (Å²) in [5.74, 6) is 6.70. The van der Waals surface area contributed by atoms with Gasteiger partial charge in [0, 0.05) is 10.7 Å². The Labute approximate surface area is 125 Å². The maximum atomic E-state index is 12.1. The molecule has 0 spiro atoms. The second-order valence-corrected chi connectivity index (χ2v) is 5.04. The first-order valence-electron chi connectivity index (χ1n) is 5.92. The van der Waals surface area contributed by atoms with E-state index in [1.165, 1.54) is 0 Å². The Morgan fingerprint density at radius 3 is 2.65 bits per heavy atom. The molecule has 0 aliphatic rings. The van der Waals surface area contributed by atoms with Gasteiger partial charge in [0.1, 0.15) is 5.75 Å². The van der Waals surface area contributed by atoms with Crippen LogP contribution in [0.1, 0.15) is 5.56 Å². The SMILES string of the molecule is COc1ccc(CC(=O)N(N)c2cc(Br)ccn2)cc1. The number of halogens is 1. The van der Waals surface area contributed by atoms with E-state index < -0.39 is 0 Å². The van der Waals surface area contributed by atoms with Crippen LogP contribution in [-0.2, 0) is 11.2 Å². The van der Waals surface area contributed by atoms with E-state index >= 15 is 0 Å². The van der Waals surface area contributed by atoms with Crippen molar-refractivity contribution in [2.45, 2.75) is 6.42 Å². The van der Waals surface area contributed by atoms with Crippen LogP contribution in [0.25, 0.3) is 0 Å². The molecule has 0 radical (unpaired) electrons. The van der Waals surface area contributed by atoms with E-state index in [2.05, 4.69) is 20.9 Å². The van der Waals surface area contributed by atoms with E-state index in [9.17, 15) is 4.79 Å². The summed E-state index contributed by atoms with van der Waals surface area (Å²) in [5.41, 5.74) is 0.862. The summed E-state index contributed by atoms with van der Waals surface area (Å²) in [4.78, 5) is 16.2. The average Bonchev–Trinajstić information content (AvgIpc) is 2.47. The van der Waals surface area contributed by atoms with Gasteiger partial charge in [-0.25, -0.2) is 15.8 Å². The Balaban J connectivity index is 2.07. The number of nitrogens with zero attached hydrogens (tertiary/aromatic N) is 2. The molecule has 0 saturated heterocycles. The Bertz CT molecular complexity index is 602. The number of benzene rings is 1. The highest BCUT2D eigenvalue weighted by Crippen LogP contribution is 2.16. The Morgan fingerprint density at radius 2 is 2.05 bits per heavy atom. The van der Waals surface area contributed by atoms with Crippen LogP contribution >= 0.6 is 15.9 Å². The molecule has 6 heteroatoms. The Hall–Kier alpha value is -1.92. The second-order valence-electron chi connectivity index (χ2n) is 4.12. The Morgan fingerprint density at radius 1 is 1.35 bits per heavy atom. The molecule has 0 bridgehead atoms. The zero-order valence-corrected chi connectivity index (χ0v) is 12.5. The van der Waals surface area contributed by atoms with Gasteiger partial charge in [-0.05, 0) is 29.8 Å². The van der Waals surface area contributed by atoms with Gasteiger partial charge in [0.05, 0.1) is 13.5 Å². The van der Waals surface area contributed by atoms with E-state index in [-0.39, 0.29) is 12.3 Å². The normalized spacial score (nSPS) is 10.2. The van der Waals surface area contributed by atoms with Gasteiger partial charge in [-0.1, -0.05) is 28.1 Å². The molecule has 104 valence electrons. The van der Waals surface area contributed by atoms with Crippen molar-refractivity contribution in [3.63, 3.8) is 0 Å². The van der Waals surface area contributed by atoms with Crippen molar-refractivity contribution in [2.75, 3.05) is 12.1 Å². The largest absolute Gasteiger partial charge is 0.497 e. The van der Waals surface area contributed by atoms with Crippen molar-refractivity contribution in [1.82, 2.24) is 4.98 Å². The Kier molecular flexibility index (Phi) is 4.70. The molecule has 0 unspecified atom stereocenters. The lowest BCUT2D eigenvalue weighted by atomic mass is 10.1. The van der Waals surface area contributed by atoms with Crippen molar-refractivity contribution in [3.05, 3.63) is 52.6 Å². The van der Waals surface area contributed by atoms with Gasteiger partial charge in [0.15, 0.2) is 5.82 Å². The highest BCUT2D eigenvalue weighted by Gasteiger charge is 2.13. The van der Waals surface area contributed by atoms with E-state index in [1.54, 1.807) is 37.6 Å². The summed E-state index contributed by atoms with van der Waals surface area (Å²) in [6.07, 6.45) is 1.79. The molecule has 0 fully saturated rings. The van der Waals surface area contributed by atoms with Gasteiger partial charge in [0.2, 0.25) is 5.91 Å². The van der Waals surface area contributed by atoms with Gasteiger partial charge in [0.25, 0.3) is 0 Å². The third-order valence-corrected chi connectivity index (χ3v) is 3.23. The van der Waals surface area contributed by atoms with Crippen LogP contribution in [0.3, 0.4) is 0 Å². The van der Waals surface area contributed by atoms with Crippen molar-refractivity contribution in [2.24, 2.45) is 5.84 Å². The van der Waals surface area contributed by atoms with Gasteiger partial charge < -0.3 is 4.74 Å². The van der Waals surface area contributed by atoms with Crippen LogP contribution in [0, 0.1) is 0 Å². The fourth-order valence-corrected chi connectivity index (χ4v) is 1.98. The van der Waals surface area contributed by atoms with E-state index in [4.69, 9.17) is 10.6 Å². The van der Waals surface area contributed by atoms with Crippen LogP contribution in [0.2, 0.25) is 0 Å².